The highest BCUT2D eigenvalue weighted by Gasteiger charge is 2.15. The number of benzene rings is 1. The van der Waals surface area contributed by atoms with Crippen molar-refractivity contribution >= 4 is 21.4 Å². The summed E-state index contributed by atoms with van der Waals surface area (Å²) in [5.74, 6) is -0.326. The Labute approximate surface area is 125 Å². The molecule has 114 valence electrons. The van der Waals surface area contributed by atoms with Crippen LogP contribution < -0.4 is 5.32 Å². The van der Waals surface area contributed by atoms with E-state index in [1.54, 1.807) is 12.1 Å². The van der Waals surface area contributed by atoms with Crippen LogP contribution in [0, 0.1) is 5.82 Å². The molecule has 0 bridgehead atoms. The lowest BCUT2D eigenvalue weighted by atomic mass is 10.0. The van der Waals surface area contributed by atoms with E-state index in [1.165, 1.54) is 12.3 Å². The van der Waals surface area contributed by atoms with Crippen LogP contribution in [0.25, 0.3) is 0 Å². The molecule has 1 N–H and O–H groups in total. The van der Waals surface area contributed by atoms with E-state index in [4.69, 9.17) is 11.6 Å². The van der Waals surface area contributed by atoms with Crippen molar-refractivity contribution in [3.05, 3.63) is 34.6 Å². The van der Waals surface area contributed by atoms with Gasteiger partial charge in [-0.3, -0.25) is 0 Å². The van der Waals surface area contributed by atoms with Gasteiger partial charge in [-0.2, -0.15) is 0 Å². The van der Waals surface area contributed by atoms with Gasteiger partial charge in [0.25, 0.3) is 0 Å². The monoisotopic (exact) mass is 321 g/mol. The van der Waals surface area contributed by atoms with Gasteiger partial charge in [0, 0.05) is 12.3 Å². The van der Waals surface area contributed by atoms with Crippen molar-refractivity contribution in [2.75, 3.05) is 18.6 Å². The van der Waals surface area contributed by atoms with Gasteiger partial charge in [-0.05, 0) is 37.4 Å². The third-order valence-electron chi connectivity index (χ3n) is 3.02. The van der Waals surface area contributed by atoms with E-state index in [0.717, 1.165) is 13.0 Å². The molecule has 3 nitrogen and oxygen atoms in total. The van der Waals surface area contributed by atoms with Gasteiger partial charge < -0.3 is 5.32 Å². The van der Waals surface area contributed by atoms with Crippen molar-refractivity contribution in [1.29, 1.82) is 0 Å². The van der Waals surface area contributed by atoms with Crippen molar-refractivity contribution in [1.82, 2.24) is 5.32 Å². The Balaban J connectivity index is 2.75. The standard InChI is InChI=1S/C14H21ClFNO2S/c1-3-8-17-12(7-9-20(2,18)19)10-11-5-4-6-13(15)14(11)16/h4-6,12,17H,3,7-10H2,1-2H3. The van der Waals surface area contributed by atoms with Gasteiger partial charge in [0.05, 0.1) is 10.8 Å². The van der Waals surface area contributed by atoms with E-state index >= 15 is 0 Å². The zero-order chi connectivity index (χ0) is 15.2. The predicted octanol–water partition coefficient (Wildman–Crippen LogP) is 2.82. The summed E-state index contributed by atoms with van der Waals surface area (Å²) in [6.07, 6.45) is 3.05. The number of nitrogens with one attached hydrogen (secondary N) is 1. The molecule has 20 heavy (non-hydrogen) atoms. The molecule has 0 saturated carbocycles. The summed E-state index contributed by atoms with van der Waals surface area (Å²) in [6, 6.07) is 4.82. The average molecular weight is 322 g/mol. The number of hydrogen-bond donors (Lipinski definition) is 1. The van der Waals surface area contributed by atoms with E-state index in [0.29, 0.717) is 18.4 Å². The van der Waals surface area contributed by atoms with E-state index in [-0.39, 0.29) is 16.8 Å². The van der Waals surface area contributed by atoms with Crippen LogP contribution in [0.5, 0.6) is 0 Å². The molecule has 0 aliphatic rings. The first-order chi connectivity index (χ1) is 9.33. The van der Waals surface area contributed by atoms with Crippen molar-refractivity contribution in [2.24, 2.45) is 0 Å². The Morgan fingerprint density at radius 3 is 2.70 bits per heavy atom. The van der Waals surface area contributed by atoms with Crippen molar-refractivity contribution in [3.8, 4) is 0 Å². The maximum absolute atomic E-state index is 13.9. The maximum atomic E-state index is 13.9. The summed E-state index contributed by atoms with van der Waals surface area (Å²) in [5.41, 5.74) is 0.514. The van der Waals surface area contributed by atoms with Gasteiger partial charge in [-0.15, -0.1) is 0 Å². The Kier molecular flexibility index (Phi) is 6.92. The van der Waals surface area contributed by atoms with Crippen LogP contribution in [0.2, 0.25) is 5.02 Å². The second-order valence-electron chi connectivity index (χ2n) is 4.99. The van der Waals surface area contributed by atoms with Gasteiger partial charge in [-0.1, -0.05) is 30.7 Å². The molecule has 0 heterocycles. The fourth-order valence-electron chi connectivity index (χ4n) is 1.95. The molecule has 1 unspecified atom stereocenters. The first-order valence-electron chi connectivity index (χ1n) is 6.67. The summed E-state index contributed by atoms with van der Waals surface area (Å²) >= 11 is 5.76. The third-order valence-corrected chi connectivity index (χ3v) is 4.29. The van der Waals surface area contributed by atoms with Crippen LogP contribution >= 0.6 is 11.6 Å². The average Bonchev–Trinajstić information content (AvgIpc) is 2.37. The van der Waals surface area contributed by atoms with Gasteiger partial charge in [-0.25, -0.2) is 12.8 Å². The number of hydrogen-bond acceptors (Lipinski definition) is 3. The van der Waals surface area contributed by atoms with Gasteiger partial charge >= 0.3 is 0 Å². The van der Waals surface area contributed by atoms with Crippen LogP contribution in [-0.4, -0.2) is 33.0 Å². The Bertz CT molecular complexity index is 534. The molecule has 0 aliphatic heterocycles. The molecule has 0 amide bonds. The molecule has 1 aromatic carbocycles. The van der Waals surface area contributed by atoms with Crippen molar-refractivity contribution in [2.45, 2.75) is 32.2 Å². The molecule has 1 aromatic rings. The molecule has 0 spiro atoms. The maximum Gasteiger partial charge on any atom is 0.147 e. The smallest absolute Gasteiger partial charge is 0.147 e. The molecular formula is C14H21ClFNO2S. The van der Waals surface area contributed by atoms with Crippen LogP contribution in [0.3, 0.4) is 0 Å². The number of halogens is 2. The fraction of sp³-hybridized carbons (Fsp3) is 0.571. The van der Waals surface area contributed by atoms with Crippen LogP contribution in [-0.2, 0) is 16.3 Å². The third kappa shape index (κ3) is 6.20. The quantitative estimate of drug-likeness (QED) is 0.801. The minimum Gasteiger partial charge on any atom is -0.314 e. The summed E-state index contributed by atoms with van der Waals surface area (Å²) in [7, 11) is -3.01. The van der Waals surface area contributed by atoms with Gasteiger partial charge in [0.1, 0.15) is 15.7 Å². The van der Waals surface area contributed by atoms with E-state index < -0.39 is 15.7 Å². The number of sulfone groups is 1. The summed E-state index contributed by atoms with van der Waals surface area (Å²) in [6.45, 7) is 2.80. The van der Waals surface area contributed by atoms with Crippen molar-refractivity contribution < 1.29 is 12.8 Å². The highest BCUT2D eigenvalue weighted by molar-refractivity contribution is 7.90. The second-order valence-corrected chi connectivity index (χ2v) is 7.65. The molecular weight excluding hydrogens is 301 g/mol. The molecule has 0 aliphatic carbocycles. The Morgan fingerprint density at radius 2 is 2.10 bits per heavy atom. The van der Waals surface area contributed by atoms with Crippen LogP contribution in [0.1, 0.15) is 25.3 Å². The Morgan fingerprint density at radius 1 is 1.40 bits per heavy atom. The minimum absolute atomic E-state index is 0.0716. The van der Waals surface area contributed by atoms with Crippen LogP contribution in [0.4, 0.5) is 4.39 Å². The summed E-state index contributed by atoms with van der Waals surface area (Å²) in [5, 5.41) is 3.36. The first-order valence-corrected chi connectivity index (χ1v) is 9.11. The van der Waals surface area contributed by atoms with Gasteiger partial charge in [0.15, 0.2) is 0 Å². The van der Waals surface area contributed by atoms with Gasteiger partial charge in [0.2, 0.25) is 0 Å². The normalized spacial score (nSPS) is 13.4. The lowest BCUT2D eigenvalue weighted by Gasteiger charge is -2.18. The zero-order valence-corrected chi connectivity index (χ0v) is 13.4. The lowest BCUT2D eigenvalue weighted by Crippen LogP contribution is -2.33. The predicted molar refractivity (Wildman–Crippen MR) is 81.5 cm³/mol. The molecule has 6 heteroatoms. The van der Waals surface area contributed by atoms with Crippen molar-refractivity contribution in [3.63, 3.8) is 0 Å². The van der Waals surface area contributed by atoms with E-state index in [2.05, 4.69) is 5.32 Å². The van der Waals surface area contributed by atoms with Crippen LogP contribution in [0.15, 0.2) is 18.2 Å². The molecule has 0 aromatic heterocycles. The van der Waals surface area contributed by atoms with E-state index in [1.807, 2.05) is 6.92 Å². The topological polar surface area (TPSA) is 46.2 Å². The molecule has 0 radical (unpaired) electrons. The molecule has 0 saturated heterocycles. The molecule has 1 atom stereocenters. The zero-order valence-electron chi connectivity index (χ0n) is 11.8. The Hall–Kier alpha value is -0.650. The second kappa shape index (κ2) is 7.96. The first kappa shape index (κ1) is 17.4. The lowest BCUT2D eigenvalue weighted by molar-refractivity contribution is 0.481. The SMILES string of the molecule is CCCNC(CCS(C)(=O)=O)Cc1cccc(Cl)c1F. The highest BCUT2D eigenvalue weighted by Crippen LogP contribution is 2.19. The summed E-state index contributed by atoms with van der Waals surface area (Å²) < 4.78 is 36.4. The highest BCUT2D eigenvalue weighted by atomic mass is 35.5. The molecule has 0 fully saturated rings. The molecule has 1 rings (SSSR count). The van der Waals surface area contributed by atoms with E-state index in [9.17, 15) is 12.8 Å². The summed E-state index contributed by atoms with van der Waals surface area (Å²) in [4.78, 5) is 0. The fourth-order valence-corrected chi connectivity index (χ4v) is 2.86. The largest absolute Gasteiger partial charge is 0.314 e. The minimum atomic E-state index is -3.01. The number of rotatable bonds is 8.